The molecule has 1 aliphatic heterocycles. The highest BCUT2D eigenvalue weighted by Crippen LogP contribution is 2.39. The lowest BCUT2D eigenvalue weighted by Crippen LogP contribution is -2.59. The summed E-state index contributed by atoms with van der Waals surface area (Å²) in [5, 5.41) is 9.91. The van der Waals surface area contributed by atoms with Crippen LogP contribution >= 0.6 is 0 Å². The summed E-state index contributed by atoms with van der Waals surface area (Å²) in [5.74, 6) is -4.36. The summed E-state index contributed by atoms with van der Waals surface area (Å²) >= 11 is 0. The zero-order valence-electron chi connectivity index (χ0n) is 27.2. The van der Waals surface area contributed by atoms with Gasteiger partial charge in [-0.05, 0) is 32.0 Å². The van der Waals surface area contributed by atoms with Crippen LogP contribution in [0, 0.1) is 23.0 Å². The average molecular weight is 505 g/mol. The second-order valence-corrected chi connectivity index (χ2v) is 8.99. The SMILES string of the molecule is [2H]C([2H])([2H])C([2H])(C(=O)N1C[C@H](C)N(c2ncnc3c2c(-c2ccccc2F)cn3-c2cc(C#N)ccn2)C[C@H]1C)C([2H])([2H])[2H]. The number of hydrogen-bond acceptors (Lipinski definition) is 6. The molecule has 1 fully saturated rings. The number of halogens is 1. The first-order valence-electron chi connectivity index (χ1n) is 15.2. The fourth-order valence-electron chi connectivity index (χ4n) is 4.79. The number of anilines is 1. The molecule has 0 N–H and O–H groups in total. The minimum absolute atomic E-state index is 0.0974. The molecule has 0 aliphatic carbocycles. The maximum Gasteiger partial charge on any atom is 0.225 e. The highest BCUT2D eigenvalue weighted by Gasteiger charge is 2.35. The highest BCUT2D eigenvalue weighted by atomic mass is 19.1. The Morgan fingerprint density at radius 3 is 2.73 bits per heavy atom. The molecule has 0 bridgehead atoms. The highest BCUT2D eigenvalue weighted by molar-refractivity contribution is 6.02. The fourth-order valence-corrected chi connectivity index (χ4v) is 4.79. The lowest BCUT2D eigenvalue weighted by Gasteiger charge is -2.45. The number of pyridine rings is 1. The molecular weight excluding hydrogens is 469 g/mol. The number of nitriles is 1. The van der Waals surface area contributed by atoms with Gasteiger partial charge in [0.1, 0.15) is 23.8 Å². The van der Waals surface area contributed by atoms with E-state index in [4.69, 9.17) is 9.60 Å². The van der Waals surface area contributed by atoms with Gasteiger partial charge in [0.15, 0.2) is 5.65 Å². The van der Waals surface area contributed by atoms with Gasteiger partial charge in [-0.3, -0.25) is 9.36 Å². The second kappa shape index (κ2) is 9.62. The van der Waals surface area contributed by atoms with Gasteiger partial charge in [0.05, 0.1) is 17.0 Å². The van der Waals surface area contributed by atoms with Crippen molar-refractivity contribution in [3.8, 4) is 23.0 Å². The van der Waals surface area contributed by atoms with Crippen LogP contribution in [-0.4, -0.2) is 55.5 Å². The summed E-state index contributed by atoms with van der Waals surface area (Å²) in [6.45, 7) is -3.41. The molecule has 0 spiro atoms. The van der Waals surface area contributed by atoms with E-state index in [9.17, 15) is 10.1 Å². The largest absolute Gasteiger partial charge is 0.349 e. The number of piperazine rings is 1. The summed E-state index contributed by atoms with van der Waals surface area (Å²) in [6.07, 6.45) is 4.48. The number of rotatable bonds is 4. The van der Waals surface area contributed by atoms with E-state index >= 15 is 4.39 Å². The van der Waals surface area contributed by atoms with E-state index in [0.29, 0.717) is 33.8 Å². The van der Waals surface area contributed by atoms with Crippen molar-refractivity contribution in [2.24, 2.45) is 5.89 Å². The molecule has 37 heavy (non-hydrogen) atoms. The van der Waals surface area contributed by atoms with Crippen molar-refractivity contribution in [3.63, 3.8) is 0 Å². The van der Waals surface area contributed by atoms with Crippen LogP contribution in [0.15, 0.2) is 55.1 Å². The molecule has 9 heteroatoms. The van der Waals surface area contributed by atoms with Crippen LogP contribution in [0.5, 0.6) is 0 Å². The van der Waals surface area contributed by atoms with Crippen molar-refractivity contribution in [2.75, 3.05) is 18.0 Å². The molecule has 4 aromatic rings. The molecule has 8 nitrogen and oxygen atoms in total. The smallest absolute Gasteiger partial charge is 0.225 e. The lowest BCUT2D eigenvalue weighted by atomic mass is 10.0. The molecule has 0 unspecified atom stereocenters. The van der Waals surface area contributed by atoms with Gasteiger partial charge < -0.3 is 9.80 Å². The number of benzene rings is 1. The number of amides is 1. The van der Waals surface area contributed by atoms with Gasteiger partial charge in [0.25, 0.3) is 0 Å². The van der Waals surface area contributed by atoms with Gasteiger partial charge in [-0.1, -0.05) is 31.9 Å². The van der Waals surface area contributed by atoms with Crippen LogP contribution < -0.4 is 4.90 Å². The Morgan fingerprint density at radius 1 is 1.16 bits per heavy atom. The van der Waals surface area contributed by atoms with E-state index in [1.165, 1.54) is 18.6 Å². The molecule has 4 heterocycles. The number of aromatic nitrogens is 4. The molecule has 1 aromatic carbocycles. The van der Waals surface area contributed by atoms with Crippen molar-refractivity contribution in [2.45, 2.75) is 39.6 Å². The Labute approximate surface area is 224 Å². The third-order valence-corrected chi connectivity index (χ3v) is 6.58. The molecule has 0 saturated carbocycles. The van der Waals surface area contributed by atoms with Crippen LogP contribution in [-0.2, 0) is 4.79 Å². The molecule has 1 amide bonds. The molecule has 3 aromatic heterocycles. The van der Waals surface area contributed by atoms with Gasteiger partial charge >= 0.3 is 0 Å². The normalized spacial score (nSPS) is 21.6. The lowest BCUT2D eigenvalue weighted by molar-refractivity contribution is -0.137. The van der Waals surface area contributed by atoms with Gasteiger partial charge in [-0.25, -0.2) is 19.3 Å². The summed E-state index contributed by atoms with van der Waals surface area (Å²) in [5.41, 5.74) is 1.46. The predicted molar refractivity (Wildman–Crippen MR) is 140 cm³/mol. The van der Waals surface area contributed by atoms with Crippen molar-refractivity contribution in [1.82, 2.24) is 24.4 Å². The van der Waals surface area contributed by atoms with Gasteiger partial charge in [0, 0.05) is 64.2 Å². The fraction of sp³-hybridized carbons (Fsp3) is 0.321. The van der Waals surface area contributed by atoms with Crippen LogP contribution in [0.3, 0.4) is 0 Å². The monoisotopic (exact) mass is 504 g/mol. The Hall–Kier alpha value is -4.32. The van der Waals surface area contributed by atoms with Crippen molar-refractivity contribution >= 4 is 22.8 Å². The summed E-state index contributed by atoms with van der Waals surface area (Å²) in [6, 6.07) is 10.2. The van der Waals surface area contributed by atoms with Crippen molar-refractivity contribution < 1.29 is 18.8 Å². The maximum absolute atomic E-state index is 15.2. The van der Waals surface area contributed by atoms with Gasteiger partial charge in [-0.2, -0.15) is 5.26 Å². The van der Waals surface area contributed by atoms with E-state index in [1.807, 2.05) is 4.90 Å². The number of carbonyl (C=O) groups excluding carboxylic acids is 1. The van der Waals surface area contributed by atoms with Crippen LogP contribution in [0.4, 0.5) is 10.2 Å². The average Bonchev–Trinajstić information content (AvgIpc) is 3.36. The van der Waals surface area contributed by atoms with E-state index in [-0.39, 0.29) is 18.7 Å². The minimum Gasteiger partial charge on any atom is -0.349 e. The Balaban J connectivity index is 1.63. The molecule has 2 atom stereocenters. The van der Waals surface area contributed by atoms with Gasteiger partial charge in [0.2, 0.25) is 5.91 Å². The predicted octanol–water partition coefficient (Wildman–Crippen LogP) is 4.57. The van der Waals surface area contributed by atoms with Crippen LogP contribution in [0.1, 0.15) is 42.7 Å². The quantitative estimate of drug-likeness (QED) is 0.404. The zero-order chi connectivity index (χ0) is 32.2. The standard InChI is InChI=1S/C28H28FN7O/c1-17(2)28(37)35-14-18(3)34(13-19(35)4)26-25-22(21-7-5-6-8-23(21)29)15-36(27(25)33-16-32-26)24-11-20(12-30)9-10-31-24/h5-11,15-19H,13-14H2,1-4H3/t18-,19+/m0/s1/i1D3,2D3,17D. The summed E-state index contributed by atoms with van der Waals surface area (Å²) < 4.78 is 71.7. The van der Waals surface area contributed by atoms with E-state index < -0.39 is 43.4 Å². The molecule has 188 valence electrons. The Bertz CT molecular complexity index is 1770. The molecule has 0 radical (unpaired) electrons. The second-order valence-electron chi connectivity index (χ2n) is 8.99. The topological polar surface area (TPSA) is 90.9 Å². The minimum atomic E-state index is -3.40. The number of carbonyl (C=O) groups is 1. The number of nitrogens with zero attached hydrogens (tertiary/aromatic N) is 7. The van der Waals surface area contributed by atoms with Crippen molar-refractivity contribution in [3.05, 3.63) is 66.5 Å². The zero-order valence-corrected chi connectivity index (χ0v) is 20.2. The van der Waals surface area contributed by atoms with Crippen LogP contribution in [0.25, 0.3) is 28.0 Å². The van der Waals surface area contributed by atoms with E-state index in [1.54, 1.807) is 54.9 Å². The summed E-state index contributed by atoms with van der Waals surface area (Å²) in [4.78, 5) is 29.9. The number of fused-ring (bicyclic) bond motifs is 1. The van der Waals surface area contributed by atoms with E-state index in [2.05, 4.69) is 21.0 Å². The third kappa shape index (κ3) is 4.29. The Kier molecular flexibility index (Phi) is 4.47. The maximum atomic E-state index is 15.2. The summed E-state index contributed by atoms with van der Waals surface area (Å²) in [7, 11) is 0. The first-order chi connectivity index (χ1) is 20.6. The van der Waals surface area contributed by atoms with Crippen molar-refractivity contribution in [1.29, 1.82) is 5.26 Å². The third-order valence-electron chi connectivity index (χ3n) is 6.58. The molecule has 1 saturated heterocycles. The first-order valence-corrected chi connectivity index (χ1v) is 11.7. The van der Waals surface area contributed by atoms with Gasteiger partial charge in [-0.15, -0.1) is 0 Å². The van der Waals surface area contributed by atoms with E-state index in [0.717, 1.165) is 4.90 Å². The molecular formula is C28H28FN7O. The molecule has 1 aliphatic rings. The van der Waals surface area contributed by atoms with Crippen LogP contribution in [0.2, 0.25) is 0 Å². The number of hydrogen-bond donors (Lipinski definition) is 0. The first kappa shape index (κ1) is 17.2. The molecule has 5 rings (SSSR count). The Morgan fingerprint density at radius 2 is 1.97 bits per heavy atom.